The quantitative estimate of drug-likeness (QED) is 0.496. The molecule has 1 aliphatic heterocycles. The first kappa shape index (κ1) is 23.1. The minimum absolute atomic E-state index is 0.0477. The molecule has 0 spiro atoms. The maximum absolute atomic E-state index is 13.6. The van der Waals surface area contributed by atoms with Crippen molar-refractivity contribution < 1.29 is 21.6 Å². The van der Waals surface area contributed by atoms with Crippen molar-refractivity contribution in [2.75, 3.05) is 25.5 Å². The molecule has 1 aliphatic rings. The average molecular weight is 482 g/mol. The summed E-state index contributed by atoms with van der Waals surface area (Å²) < 4.78 is 67.9. The van der Waals surface area contributed by atoms with Gasteiger partial charge >= 0.3 is 6.18 Å². The van der Waals surface area contributed by atoms with Crippen LogP contribution in [0.25, 0.3) is 5.82 Å². The molecule has 33 heavy (non-hydrogen) atoms. The van der Waals surface area contributed by atoms with E-state index < -0.39 is 27.6 Å². The van der Waals surface area contributed by atoms with Gasteiger partial charge < -0.3 is 10.6 Å². The number of aromatic nitrogens is 4. The van der Waals surface area contributed by atoms with Gasteiger partial charge in [0, 0.05) is 18.1 Å². The number of alkyl halides is 3. The number of nitrogens with zero attached hydrogens (tertiary/aromatic N) is 4. The third-order valence-corrected chi connectivity index (χ3v) is 6.82. The summed E-state index contributed by atoms with van der Waals surface area (Å²) in [6.45, 7) is 1.69. The van der Waals surface area contributed by atoms with Gasteiger partial charge in [0.15, 0.2) is 5.82 Å². The van der Waals surface area contributed by atoms with Crippen molar-refractivity contribution in [2.24, 2.45) is 0 Å². The lowest BCUT2D eigenvalue weighted by Gasteiger charge is -2.21. The van der Waals surface area contributed by atoms with Gasteiger partial charge in [0.1, 0.15) is 5.56 Å². The van der Waals surface area contributed by atoms with Crippen molar-refractivity contribution in [3.8, 4) is 5.82 Å². The standard InChI is InChI=1S/C20H22F3N7O2S/c1-24-33(31,32)16-4-2-15(3-5-16)28-19-26-11-17(20(21,22)23)18(29-19)30-12-14(10-27-30)13-6-8-25-9-7-13/h2-5,10-13,24-25H,6-9H2,1H3,(H,26,28,29). The summed E-state index contributed by atoms with van der Waals surface area (Å²) >= 11 is 0. The van der Waals surface area contributed by atoms with Crippen LogP contribution in [0.1, 0.15) is 29.9 Å². The first-order valence-electron chi connectivity index (χ1n) is 10.2. The van der Waals surface area contributed by atoms with E-state index in [4.69, 9.17) is 0 Å². The van der Waals surface area contributed by atoms with E-state index in [1.165, 1.54) is 31.3 Å². The lowest BCUT2D eigenvalue weighted by molar-refractivity contribution is -0.138. The second-order valence-corrected chi connectivity index (χ2v) is 9.41. The highest BCUT2D eigenvalue weighted by Crippen LogP contribution is 2.34. The molecule has 0 aliphatic carbocycles. The first-order valence-corrected chi connectivity index (χ1v) is 11.7. The monoisotopic (exact) mass is 481 g/mol. The highest BCUT2D eigenvalue weighted by molar-refractivity contribution is 7.89. The van der Waals surface area contributed by atoms with Gasteiger partial charge in [-0.15, -0.1) is 0 Å². The summed E-state index contributed by atoms with van der Waals surface area (Å²) in [4.78, 5) is 7.90. The molecule has 0 bridgehead atoms. The largest absolute Gasteiger partial charge is 0.421 e. The molecule has 0 atom stereocenters. The summed E-state index contributed by atoms with van der Waals surface area (Å²) in [5, 5.41) is 10.2. The number of hydrogen-bond acceptors (Lipinski definition) is 7. The van der Waals surface area contributed by atoms with Crippen LogP contribution in [0.5, 0.6) is 0 Å². The molecule has 2 aromatic heterocycles. The molecule has 0 radical (unpaired) electrons. The van der Waals surface area contributed by atoms with Gasteiger partial charge in [-0.05, 0) is 68.7 Å². The van der Waals surface area contributed by atoms with Gasteiger partial charge in [-0.3, -0.25) is 0 Å². The van der Waals surface area contributed by atoms with Gasteiger partial charge in [0.25, 0.3) is 0 Å². The van der Waals surface area contributed by atoms with Crippen LogP contribution in [0.15, 0.2) is 47.8 Å². The first-order chi connectivity index (χ1) is 15.7. The number of sulfonamides is 1. The van der Waals surface area contributed by atoms with Gasteiger partial charge in [0.05, 0.1) is 11.1 Å². The van der Waals surface area contributed by atoms with Crippen molar-refractivity contribution in [1.29, 1.82) is 0 Å². The van der Waals surface area contributed by atoms with Crippen LogP contribution in [0.4, 0.5) is 24.8 Å². The van der Waals surface area contributed by atoms with Gasteiger partial charge in [0.2, 0.25) is 16.0 Å². The fourth-order valence-corrected chi connectivity index (χ4v) is 4.32. The van der Waals surface area contributed by atoms with Crippen molar-refractivity contribution in [3.63, 3.8) is 0 Å². The molecule has 13 heteroatoms. The van der Waals surface area contributed by atoms with Crippen LogP contribution >= 0.6 is 0 Å². The number of benzene rings is 1. The zero-order valence-electron chi connectivity index (χ0n) is 17.6. The van der Waals surface area contributed by atoms with Crippen LogP contribution < -0.4 is 15.4 Å². The Hall–Kier alpha value is -3.03. The Morgan fingerprint density at radius 1 is 1.12 bits per heavy atom. The predicted molar refractivity (Wildman–Crippen MR) is 115 cm³/mol. The van der Waals surface area contributed by atoms with E-state index in [0.29, 0.717) is 11.9 Å². The predicted octanol–water partition coefficient (Wildman–Crippen LogP) is 2.80. The Kier molecular flexibility index (Phi) is 6.36. The van der Waals surface area contributed by atoms with Crippen LogP contribution in [-0.4, -0.2) is 48.3 Å². The summed E-state index contributed by atoms with van der Waals surface area (Å²) in [6, 6.07) is 5.65. The van der Waals surface area contributed by atoms with E-state index in [1.54, 1.807) is 12.4 Å². The lowest BCUT2D eigenvalue weighted by Crippen LogP contribution is -2.26. The number of nitrogens with one attached hydrogen (secondary N) is 3. The van der Waals surface area contributed by atoms with E-state index in [9.17, 15) is 21.6 Å². The maximum Gasteiger partial charge on any atom is 0.421 e. The molecular weight excluding hydrogens is 459 g/mol. The minimum Gasteiger partial charge on any atom is -0.324 e. The highest BCUT2D eigenvalue weighted by Gasteiger charge is 2.36. The third-order valence-electron chi connectivity index (χ3n) is 5.39. The molecule has 4 rings (SSSR count). The summed E-state index contributed by atoms with van der Waals surface area (Å²) in [5.41, 5.74) is 0.258. The van der Waals surface area contributed by atoms with Crippen LogP contribution in [0.3, 0.4) is 0 Å². The Labute approximate surface area is 188 Å². The number of hydrogen-bond donors (Lipinski definition) is 3. The third kappa shape index (κ3) is 5.15. The number of halogens is 3. The van der Waals surface area contributed by atoms with Crippen LogP contribution in [0, 0.1) is 0 Å². The SMILES string of the molecule is CNS(=O)(=O)c1ccc(Nc2ncc(C(F)(F)F)c(-n3cc(C4CCNCC4)cn3)n2)cc1. The molecule has 9 nitrogen and oxygen atoms in total. The second kappa shape index (κ2) is 9.08. The fraction of sp³-hybridized carbons (Fsp3) is 0.350. The van der Waals surface area contributed by atoms with Crippen LogP contribution in [-0.2, 0) is 16.2 Å². The van der Waals surface area contributed by atoms with E-state index in [2.05, 4.69) is 30.4 Å². The molecule has 0 amide bonds. The molecule has 0 saturated carbocycles. The molecule has 176 valence electrons. The zero-order chi connectivity index (χ0) is 23.6. The highest BCUT2D eigenvalue weighted by atomic mass is 32.2. The van der Waals surface area contributed by atoms with Crippen LogP contribution in [0.2, 0.25) is 0 Å². The van der Waals surface area contributed by atoms with Crippen molar-refractivity contribution in [3.05, 3.63) is 54.0 Å². The van der Waals surface area contributed by atoms with Gasteiger partial charge in [-0.25, -0.2) is 22.8 Å². The topological polar surface area (TPSA) is 114 Å². The molecule has 3 heterocycles. The Morgan fingerprint density at radius 3 is 2.45 bits per heavy atom. The molecule has 1 saturated heterocycles. The van der Waals surface area contributed by atoms with Gasteiger partial charge in [-0.1, -0.05) is 0 Å². The van der Waals surface area contributed by atoms with Gasteiger partial charge in [-0.2, -0.15) is 23.3 Å². The molecule has 0 unspecified atom stereocenters. The molecule has 1 aromatic carbocycles. The van der Waals surface area contributed by atoms with E-state index in [1.807, 2.05) is 0 Å². The number of piperidine rings is 1. The van der Waals surface area contributed by atoms with E-state index >= 15 is 0 Å². The Morgan fingerprint density at radius 2 is 1.82 bits per heavy atom. The fourth-order valence-electron chi connectivity index (χ4n) is 3.59. The summed E-state index contributed by atoms with van der Waals surface area (Å²) in [5.74, 6) is -0.253. The smallest absolute Gasteiger partial charge is 0.324 e. The Bertz CT molecular complexity index is 1220. The number of rotatable bonds is 6. The molecular formula is C20H22F3N7O2S. The molecule has 1 fully saturated rings. The minimum atomic E-state index is -4.67. The number of anilines is 2. The molecule has 3 aromatic rings. The zero-order valence-corrected chi connectivity index (χ0v) is 18.4. The van der Waals surface area contributed by atoms with Crippen molar-refractivity contribution >= 4 is 21.7 Å². The average Bonchev–Trinajstić information content (AvgIpc) is 3.30. The van der Waals surface area contributed by atoms with Crippen molar-refractivity contribution in [2.45, 2.75) is 29.8 Å². The summed E-state index contributed by atoms with van der Waals surface area (Å²) in [7, 11) is -2.31. The van der Waals surface area contributed by atoms with E-state index in [0.717, 1.165) is 36.2 Å². The van der Waals surface area contributed by atoms with Crippen molar-refractivity contribution in [1.82, 2.24) is 29.8 Å². The second-order valence-electron chi connectivity index (χ2n) is 7.53. The normalized spacial score (nSPS) is 15.5. The summed E-state index contributed by atoms with van der Waals surface area (Å²) in [6.07, 6.45) is 0.955. The molecule has 3 N–H and O–H groups in total. The Balaban J connectivity index is 1.64. The lowest BCUT2D eigenvalue weighted by atomic mass is 9.93. The van der Waals surface area contributed by atoms with E-state index in [-0.39, 0.29) is 16.8 Å². The maximum atomic E-state index is 13.6.